The largest absolute Gasteiger partial charge is 0.474 e. The monoisotopic (exact) mass is 368 g/mol. The second-order valence-corrected chi connectivity index (χ2v) is 7.06. The number of unbranched alkanes of at least 4 members (excludes halogenated alkanes) is 2. The Morgan fingerprint density at radius 3 is 2.83 bits per heavy atom. The minimum Gasteiger partial charge on any atom is -0.474 e. The molecule has 0 bridgehead atoms. The Kier molecular flexibility index (Phi) is 6.93. The lowest BCUT2D eigenvalue weighted by molar-refractivity contribution is 0.102. The molecule has 1 N–H and O–H groups in total. The molecule has 6 nitrogen and oxygen atoms in total. The second kappa shape index (κ2) is 8.94. The highest BCUT2D eigenvalue weighted by Crippen LogP contribution is 2.24. The Balaban J connectivity index is 1.98. The Bertz CT molecular complexity index is 690. The third-order valence-corrected chi connectivity index (χ3v) is 4.27. The minimum atomic E-state index is -0.322. The predicted octanol–water partition coefficient (Wildman–Crippen LogP) is 4.36. The van der Waals surface area contributed by atoms with Crippen LogP contribution in [-0.2, 0) is 6.42 Å². The van der Waals surface area contributed by atoms with Crippen molar-refractivity contribution in [3.8, 4) is 5.88 Å². The molecule has 0 atom stereocenters. The number of aryl methyl sites for hydroxylation is 1. The first-order valence-electron chi connectivity index (χ1n) is 7.95. The summed E-state index contributed by atoms with van der Waals surface area (Å²) in [4.78, 5) is 16.3. The van der Waals surface area contributed by atoms with E-state index in [1.807, 2.05) is 13.8 Å². The van der Waals surface area contributed by atoms with Crippen LogP contribution in [0.1, 0.15) is 55.4 Å². The van der Waals surface area contributed by atoms with Gasteiger partial charge < -0.3 is 4.74 Å². The molecule has 0 spiro atoms. The van der Waals surface area contributed by atoms with Crippen LogP contribution in [0.2, 0.25) is 5.02 Å². The van der Waals surface area contributed by atoms with Crippen molar-refractivity contribution in [2.45, 2.75) is 52.6 Å². The topological polar surface area (TPSA) is 77.0 Å². The summed E-state index contributed by atoms with van der Waals surface area (Å²) in [5.41, 5.74) is 0.346. The van der Waals surface area contributed by atoms with Crippen LogP contribution in [0.15, 0.2) is 12.3 Å². The number of halogens is 1. The number of aromatic nitrogens is 3. The lowest BCUT2D eigenvalue weighted by Crippen LogP contribution is -2.13. The molecule has 8 heteroatoms. The number of carbonyl (C=O) groups excluding carboxylic acids is 1. The number of pyridine rings is 1. The van der Waals surface area contributed by atoms with Crippen molar-refractivity contribution >= 4 is 34.0 Å². The molecule has 0 unspecified atom stereocenters. The van der Waals surface area contributed by atoms with E-state index < -0.39 is 0 Å². The summed E-state index contributed by atoms with van der Waals surface area (Å²) in [5.74, 6) is -0.00547. The molecule has 24 heavy (non-hydrogen) atoms. The third kappa shape index (κ3) is 5.42. The van der Waals surface area contributed by atoms with Crippen molar-refractivity contribution in [2.24, 2.45) is 0 Å². The summed E-state index contributed by atoms with van der Waals surface area (Å²) in [6, 6.07) is 1.53. The van der Waals surface area contributed by atoms with Gasteiger partial charge in [0, 0.05) is 12.6 Å². The fraction of sp³-hybridized carbons (Fsp3) is 0.500. The fourth-order valence-electron chi connectivity index (χ4n) is 1.96. The Morgan fingerprint density at radius 1 is 1.38 bits per heavy atom. The molecule has 0 saturated heterocycles. The number of hydrogen-bond donors (Lipinski definition) is 1. The van der Waals surface area contributed by atoms with Gasteiger partial charge in [-0.1, -0.05) is 42.7 Å². The maximum absolute atomic E-state index is 12.3. The summed E-state index contributed by atoms with van der Waals surface area (Å²) < 4.78 is 5.45. The van der Waals surface area contributed by atoms with Gasteiger partial charge in [0.1, 0.15) is 10.0 Å². The van der Waals surface area contributed by atoms with Gasteiger partial charge in [-0.2, -0.15) is 0 Å². The third-order valence-electron chi connectivity index (χ3n) is 3.10. The molecule has 0 radical (unpaired) electrons. The lowest BCUT2D eigenvalue weighted by Gasteiger charge is -2.10. The normalized spacial score (nSPS) is 10.9. The van der Waals surface area contributed by atoms with E-state index in [1.165, 1.54) is 23.6 Å². The molecule has 0 fully saturated rings. The Morgan fingerprint density at radius 2 is 2.17 bits per heavy atom. The molecule has 0 aromatic carbocycles. The van der Waals surface area contributed by atoms with Crippen molar-refractivity contribution in [1.29, 1.82) is 0 Å². The fourth-order valence-corrected chi connectivity index (χ4v) is 2.95. The number of nitrogens with zero attached hydrogens (tertiary/aromatic N) is 3. The zero-order valence-corrected chi connectivity index (χ0v) is 15.6. The van der Waals surface area contributed by atoms with Crippen LogP contribution in [-0.4, -0.2) is 27.2 Å². The van der Waals surface area contributed by atoms with Crippen LogP contribution in [0.3, 0.4) is 0 Å². The molecular formula is C16H21ClN4O2S. The number of ether oxygens (including phenoxy) is 1. The summed E-state index contributed by atoms with van der Waals surface area (Å²) in [5, 5.41) is 12.5. The summed E-state index contributed by atoms with van der Waals surface area (Å²) in [6.45, 7) is 5.92. The van der Waals surface area contributed by atoms with Crippen molar-refractivity contribution in [3.63, 3.8) is 0 Å². The van der Waals surface area contributed by atoms with E-state index in [0.29, 0.717) is 21.6 Å². The van der Waals surface area contributed by atoms with E-state index in [1.54, 1.807) is 0 Å². The van der Waals surface area contributed by atoms with Gasteiger partial charge in [-0.3, -0.25) is 10.1 Å². The zero-order valence-electron chi connectivity index (χ0n) is 14.0. The van der Waals surface area contributed by atoms with Crippen molar-refractivity contribution < 1.29 is 9.53 Å². The van der Waals surface area contributed by atoms with Crippen LogP contribution in [0.4, 0.5) is 5.13 Å². The van der Waals surface area contributed by atoms with E-state index in [-0.39, 0.29) is 12.0 Å². The van der Waals surface area contributed by atoms with Gasteiger partial charge in [-0.15, -0.1) is 10.2 Å². The Hall–Kier alpha value is -1.73. The molecule has 2 rings (SSSR count). The first-order chi connectivity index (χ1) is 11.5. The summed E-state index contributed by atoms with van der Waals surface area (Å²) >= 11 is 7.49. The lowest BCUT2D eigenvalue weighted by atomic mass is 10.2. The molecule has 2 aromatic rings. The minimum absolute atomic E-state index is 0.0396. The molecule has 0 saturated carbocycles. The van der Waals surface area contributed by atoms with Gasteiger partial charge >= 0.3 is 0 Å². The first-order valence-corrected chi connectivity index (χ1v) is 9.15. The van der Waals surface area contributed by atoms with Crippen LogP contribution >= 0.6 is 22.9 Å². The van der Waals surface area contributed by atoms with Gasteiger partial charge in [0.2, 0.25) is 11.0 Å². The molecular weight excluding hydrogens is 348 g/mol. The highest BCUT2D eigenvalue weighted by atomic mass is 35.5. The number of carbonyl (C=O) groups is 1. The predicted molar refractivity (Wildman–Crippen MR) is 96.1 cm³/mol. The van der Waals surface area contributed by atoms with E-state index in [0.717, 1.165) is 30.7 Å². The van der Waals surface area contributed by atoms with Crippen molar-refractivity contribution in [1.82, 2.24) is 15.2 Å². The maximum Gasteiger partial charge on any atom is 0.259 e. The van der Waals surface area contributed by atoms with E-state index >= 15 is 0 Å². The van der Waals surface area contributed by atoms with Crippen molar-refractivity contribution in [2.75, 3.05) is 5.32 Å². The van der Waals surface area contributed by atoms with Crippen LogP contribution in [0.25, 0.3) is 0 Å². The maximum atomic E-state index is 12.3. The SMILES string of the molecule is CCCCCc1nnc(NC(=O)c2cnc(OC(C)C)c(Cl)c2)s1. The van der Waals surface area contributed by atoms with Crippen LogP contribution < -0.4 is 10.1 Å². The number of hydrogen-bond acceptors (Lipinski definition) is 6. The van der Waals surface area contributed by atoms with E-state index in [2.05, 4.69) is 27.4 Å². The van der Waals surface area contributed by atoms with Gasteiger partial charge in [-0.25, -0.2) is 4.98 Å². The summed E-state index contributed by atoms with van der Waals surface area (Å²) in [6.07, 6.45) is 5.68. The smallest absolute Gasteiger partial charge is 0.259 e. The quantitative estimate of drug-likeness (QED) is 0.700. The summed E-state index contributed by atoms with van der Waals surface area (Å²) in [7, 11) is 0. The number of nitrogens with one attached hydrogen (secondary N) is 1. The highest BCUT2D eigenvalue weighted by molar-refractivity contribution is 7.15. The van der Waals surface area contributed by atoms with Crippen LogP contribution in [0, 0.1) is 0 Å². The standard InChI is InChI=1S/C16H21ClN4O2S/c1-4-5-6-7-13-20-21-16(24-13)19-14(22)11-8-12(17)15(18-9-11)23-10(2)3/h8-10H,4-7H2,1-3H3,(H,19,21,22). The number of rotatable bonds is 8. The van der Waals surface area contributed by atoms with Gasteiger partial charge in [0.25, 0.3) is 5.91 Å². The average molecular weight is 369 g/mol. The van der Waals surface area contributed by atoms with Gasteiger partial charge in [-0.05, 0) is 26.3 Å². The molecule has 0 aliphatic carbocycles. The van der Waals surface area contributed by atoms with Gasteiger partial charge in [0.05, 0.1) is 11.7 Å². The molecule has 130 valence electrons. The molecule has 2 aromatic heterocycles. The average Bonchev–Trinajstić information content (AvgIpc) is 2.96. The van der Waals surface area contributed by atoms with E-state index in [4.69, 9.17) is 16.3 Å². The first kappa shape index (κ1) is 18.6. The Labute approximate surface area is 150 Å². The molecule has 0 aliphatic rings. The van der Waals surface area contributed by atoms with E-state index in [9.17, 15) is 4.79 Å². The van der Waals surface area contributed by atoms with Crippen molar-refractivity contribution in [3.05, 3.63) is 27.9 Å². The zero-order chi connectivity index (χ0) is 17.5. The molecule has 1 amide bonds. The van der Waals surface area contributed by atoms with Crippen LogP contribution in [0.5, 0.6) is 5.88 Å². The number of amides is 1. The highest BCUT2D eigenvalue weighted by Gasteiger charge is 2.14. The van der Waals surface area contributed by atoms with Gasteiger partial charge in [0.15, 0.2) is 0 Å². The molecule has 0 aliphatic heterocycles. The second-order valence-electron chi connectivity index (χ2n) is 5.59. The molecule has 2 heterocycles. The number of anilines is 1.